The molecule has 0 aromatic heterocycles. The van der Waals surface area contributed by atoms with Gasteiger partial charge in [-0.3, -0.25) is 0 Å². The first kappa shape index (κ1) is 27.7. The van der Waals surface area contributed by atoms with Crippen LogP contribution in [0.4, 0.5) is 0 Å². The summed E-state index contributed by atoms with van der Waals surface area (Å²) in [5, 5.41) is 4.27. The van der Waals surface area contributed by atoms with Gasteiger partial charge in [0.25, 0.3) is 0 Å². The molecule has 0 unspecified atom stereocenters. The van der Waals surface area contributed by atoms with Gasteiger partial charge in [-0.15, -0.1) is 0 Å². The number of nitrogens with zero attached hydrogens (tertiary/aromatic N) is 2. The minimum Gasteiger partial charge on any atom is -2.00 e. The van der Waals surface area contributed by atoms with E-state index in [0.29, 0.717) is 17.9 Å². The Labute approximate surface area is 206 Å². The van der Waals surface area contributed by atoms with Crippen molar-refractivity contribution >= 4 is 36.9 Å². The zero-order valence-corrected chi connectivity index (χ0v) is 21.3. The van der Waals surface area contributed by atoms with E-state index in [-0.39, 0.29) is 25.6 Å². The molecule has 2 aliphatic rings. The normalized spacial score (nSPS) is 26.2. The van der Waals surface area contributed by atoms with Crippen molar-refractivity contribution in [3.8, 4) is 0 Å². The van der Waals surface area contributed by atoms with Crippen LogP contribution in [0.15, 0.2) is 24.3 Å². The largest absolute Gasteiger partial charge is 4.00 e. The third-order valence-electron chi connectivity index (χ3n) is 6.49. The standard InChI is InChI=1S/C21H34ClN3S2.O.Tc/c1-24-18-6-7-21(24)20(15-25(11-13-27)10-8-23-9-12-26)19(14-18)16-2-4-17(22)5-3-16;;/h2-5,18-21,23,26-27H,6-15H2,1H3;;/q;-2;+4/p-2/t18-,19-,20+,21-;;/m1../s1. The summed E-state index contributed by atoms with van der Waals surface area (Å²) in [6.45, 7) is 5.08. The maximum atomic E-state index is 6.15. The Balaban J connectivity index is 0.00000210. The third kappa shape index (κ3) is 7.37. The zero-order valence-electron chi connectivity index (χ0n) is 17.1. The predicted molar refractivity (Wildman–Crippen MR) is 121 cm³/mol. The number of nitrogens with one attached hydrogen (secondary N) is 1. The van der Waals surface area contributed by atoms with E-state index in [1.807, 2.05) is 12.1 Å². The molecule has 4 nitrogen and oxygen atoms in total. The summed E-state index contributed by atoms with van der Waals surface area (Å²) < 4.78 is 0. The molecule has 1 aromatic rings. The van der Waals surface area contributed by atoms with Crippen LogP contribution in [0, 0.1) is 5.92 Å². The molecule has 1 radical (unpaired) electrons. The van der Waals surface area contributed by atoms with Crippen molar-refractivity contribution in [3.63, 3.8) is 0 Å². The molecule has 0 amide bonds. The van der Waals surface area contributed by atoms with Crippen LogP contribution in [0.25, 0.3) is 0 Å². The second kappa shape index (κ2) is 14.0. The number of rotatable bonds is 10. The first-order chi connectivity index (χ1) is 13.1. The molecule has 2 aliphatic heterocycles. The first-order valence-electron chi connectivity index (χ1n) is 10.2. The minimum atomic E-state index is 0. The van der Waals surface area contributed by atoms with Crippen molar-refractivity contribution in [3.05, 3.63) is 34.9 Å². The van der Waals surface area contributed by atoms with E-state index >= 15 is 0 Å². The number of benzene rings is 1. The summed E-state index contributed by atoms with van der Waals surface area (Å²) in [5.74, 6) is 2.83. The molecular weight excluding hydrogens is 508 g/mol. The van der Waals surface area contributed by atoms with Crippen LogP contribution in [0.5, 0.6) is 0 Å². The van der Waals surface area contributed by atoms with E-state index in [2.05, 4.69) is 34.3 Å². The number of piperidine rings is 1. The Morgan fingerprint density at radius 1 is 1.10 bits per heavy atom. The van der Waals surface area contributed by atoms with Gasteiger partial charge in [0, 0.05) is 36.7 Å². The van der Waals surface area contributed by atoms with E-state index in [1.165, 1.54) is 24.8 Å². The molecule has 3 rings (SSSR count). The second-order valence-corrected chi connectivity index (χ2v) is 9.23. The van der Waals surface area contributed by atoms with Crippen molar-refractivity contribution in [1.29, 1.82) is 0 Å². The summed E-state index contributed by atoms with van der Waals surface area (Å²) in [6, 6.07) is 9.99. The molecule has 163 valence electrons. The van der Waals surface area contributed by atoms with Crippen LogP contribution in [0.2, 0.25) is 5.02 Å². The van der Waals surface area contributed by atoms with E-state index < -0.39 is 0 Å². The summed E-state index contributed by atoms with van der Waals surface area (Å²) >= 11 is 16.5. The summed E-state index contributed by atoms with van der Waals surface area (Å²) in [5.41, 5.74) is 1.46. The number of fused-ring (bicyclic) bond motifs is 2. The number of hydrogen-bond acceptors (Lipinski definition) is 5. The quantitative estimate of drug-likeness (QED) is 0.366. The van der Waals surface area contributed by atoms with Crippen LogP contribution >= 0.6 is 11.6 Å². The average molecular weight is 540 g/mol. The molecule has 8 heteroatoms. The Morgan fingerprint density at radius 2 is 1.83 bits per heavy atom. The smallest absolute Gasteiger partial charge is 2.00 e. The van der Waals surface area contributed by atoms with Gasteiger partial charge in [0.05, 0.1) is 0 Å². The van der Waals surface area contributed by atoms with Gasteiger partial charge in [-0.1, -0.05) is 23.7 Å². The van der Waals surface area contributed by atoms with Gasteiger partial charge in [-0.25, -0.2) is 0 Å². The Kier molecular flexibility index (Phi) is 13.4. The molecule has 2 bridgehead atoms. The summed E-state index contributed by atoms with van der Waals surface area (Å²) in [7, 11) is 2.33. The van der Waals surface area contributed by atoms with Crippen LogP contribution in [0.3, 0.4) is 0 Å². The topological polar surface area (TPSA) is 47.0 Å². The fourth-order valence-electron chi connectivity index (χ4n) is 5.08. The van der Waals surface area contributed by atoms with E-state index in [1.54, 1.807) is 0 Å². The number of halogens is 1. The van der Waals surface area contributed by atoms with Gasteiger partial charge in [0.1, 0.15) is 0 Å². The maximum Gasteiger partial charge on any atom is 4.00 e. The molecule has 0 aliphatic carbocycles. The van der Waals surface area contributed by atoms with Crippen molar-refractivity contribution in [1.82, 2.24) is 15.1 Å². The molecule has 0 saturated carbocycles. The summed E-state index contributed by atoms with van der Waals surface area (Å²) in [6.07, 6.45) is 3.92. The van der Waals surface area contributed by atoms with Gasteiger partial charge < -0.3 is 45.9 Å². The van der Waals surface area contributed by atoms with Gasteiger partial charge >= 0.3 is 20.1 Å². The first-order valence-corrected chi connectivity index (χ1v) is 11.7. The van der Waals surface area contributed by atoms with Crippen molar-refractivity contribution in [2.45, 2.75) is 37.3 Å². The molecule has 2 heterocycles. The van der Waals surface area contributed by atoms with Crippen LogP contribution in [-0.2, 0) is 50.8 Å². The maximum absolute atomic E-state index is 6.15. The third-order valence-corrected chi connectivity index (χ3v) is 7.13. The van der Waals surface area contributed by atoms with Crippen LogP contribution in [-0.4, -0.2) is 73.2 Å². The van der Waals surface area contributed by atoms with Gasteiger partial charge in [0.2, 0.25) is 0 Å². The van der Waals surface area contributed by atoms with E-state index in [4.69, 9.17) is 36.9 Å². The monoisotopic (exact) mass is 538 g/mol. The second-order valence-electron chi connectivity index (χ2n) is 7.98. The molecule has 1 N–H and O–H groups in total. The Morgan fingerprint density at radius 3 is 2.48 bits per heavy atom. The minimum absolute atomic E-state index is 0. The Hall–Kier alpha value is 0.699. The van der Waals surface area contributed by atoms with Crippen molar-refractivity contribution in [2.75, 3.05) is 51.3 Å². The predicted octanol–water partition coefficient (Wildman–Crippen LogP) is 2.77. The van der Waals surface area contributed by atoms with Crippen LogP contribution < -0.4 is 5.32 Å². The molecule has 29 heavy (non-hydrogen) atoms. The average Bonchev–Trinajstić information content (AvgIpc) is 2.91. The summed E-state index contributed by atoms with van der Waals surface area (Å²) in [4.78, 5) is 5.22. The fourth-order valence-corrected chi connectivity index (χ4v) is 5.60. The van der Waals surface area contributed by atoms with Gasteiger partial charge in [-0.05, 0) is 68.9 Å². The van der Waals surface area contributed by atoms with Gasteiger partial charge in [0.15, 0.2) is 0 Å². The Bertz CT molecular complexity index is 584. The van der Waals surface area contributed by atoms with E-state index in [9.17, 15) is 0 Å². The molecule has 4 atom stereocenters. The molecule has 2 fully saturated rings. The SMILES string of the molecule is CN1[C@@H]2CC[C@@H]1[C@@H](CN(CC[S-])CCNCC[S-])[C@@H](c1ccc(Cl)cc1)C2.[O-2].[Tc+4]. The van der Waals surface area contributed by atoms with Crippen molar-refractivity contribution < 1.29 is 25.6 Å². The molecule has 1 aromatic carbocycles. The molecular formula is C21H32ClN3OS2Tc. The number of hydrogen-bond donors (Lipinski definition) is 1. The van der Waals surface area contributed by atoms with Crippen LogP contribution in [0.1, 0.15) is 30.7 Å². The van der Waals surface area contributed by atoms with E-state index in [0.717, 1.165) is 55.3 Å². The van der Waals surface area contributed by atoms with Crippen molar-refractivity contribution in [2.24, 2.45) is 5.92 Å². The fraction of sp³-hybridized carbons (Fsp3) is 0.714. The zero-order chi connectivity index (χ0) is 19.2. The molecule has 2 saturated heterocycles. The molecule has 0 spiro atoms. The van der Waals surface area contributed by atoms with Gasteiger partial charge in [-0.2, -0.15) is 11.5 Å².